The average molecular weight is 777 g/mol. The van der Waals surface area contributed by atoms with Crippen molar-refractivity contribution < 1.29 is 4.74 Å². The van der Waals surface area contributed by atoms with Gasteiger partial charge in [-0.3, -0.25) is 4.99 Å². The Labute approximate surface area is 351 Å². The lowest BCUT2D eigenvalue weighted by Crippen LogP contribution is -2.35. The fourth-order valence-electron chi connectivity index (χ4n) is 9.33. The van der Waals surface area contributed by atoms with Crippen molar-refractivity contribution in [3.63, 3.8) is 0 Å². The maximum Gasteiger partial charge on any atom is 0.140 e. The van der Waals surface area contributed by atoms with Crippen molar-refractivity contribution in [2.45, 2.75) is 31.3 Å². The summed E-state index contributed by atoms with van der Waals surface area (Å²) < 4.78 is 8.77. The predicted octanol–water partition coefficient (Wildman–Crippen LogP) is 12.8. The molecule has 5 heteroatoms. The molecule has 0 saturated carbocycles. The van der Waals surface area contributed by atoms with Crippen molar-refractivity contribution in [1.29, 1.82) is 0 Å². The zero-order valence-electron chi connectivity index (χ0n) is 34.2. The number of fused-ring (bicyclic) bond motifs is 4. The first-order valence-electron chi connectivity index (χ1n) is 20.7. The van der Waals surface area contributed by atoms with Gasteiger partial charge in [0.15, 0.2) is 0 Å². The molecule has 1 aromatic heterocycles. The summed E-state index contributed by atoms with van der Waals surface area (Å²) in [6.07, 6.45) is 6.83. The average Bonchev–Trinajstić information content (AvgIpc) is 3.81. The van der Waals surface area contributed by atoms with Gasteiger partial charge in [-0.2, -0.15) is 0 Å². The van der Waals surface area contributed by atoms with Gasteiger partial charge in [0.2, 0.25) is 0 Å². The Morgan fingerprint density at radius 2 is 1.05 bits per heavy atom. The molecule has 3 heterocycles. The molecule has 0 N–H and O–H groups in total. The predicted molar refractivity (Wildman–Crippen MR) is 247 cm³/mol. The third-order valence-electron chi connectivity index (χ3n) is 12.8. The first-order chi connectivity index (χ1) is 29.3. The van der Waals surface area contributed by atoms with Crippen LogP contribution in [0.2, 0.25) is 0 Å². The monoisotopic (exact) mass is 776 g/mol. The summed E-state index contributed by atoms with van der Waals surface area (Å²) in [5.41, 5.74) is 15.9. The molecular formula is C55H44N4O. The molecule has 0 amide bonds. The molecular weight excluding hydrogens is 733 g/mol. The topological polar surface area (TPSA) is 42.7 Å². The highest BCUT2D eigenvalue weighted by Crippen LogP contribution is 2.50. The number of hydrogen-bond donors (Lipinski definition) is 0. The van der Waals surface area contributed by atoms with Crippen LogP contribution in [0.15, 0.2) is 187 Å². The number of allylic oxidation sites excluding steroid dienone is 2. The maximum absolute atomic E-state index is 6.59. The number of nitrogens with zero attached hydrogens (tertiary/aromatic N) is 4. The molecule has 290 valence electrons. The van der Waals surface area contributed by atoms with Gasteiger partial charge in [0, 0.05) is 41.8 Å². The van der Waals surface area contributed by atoms with Crippen molar-refractivity contribution >= 4 is 22.4 Å². The van der Waals surface area contributed by atoms with Crippen LogP contribution < -0.4 is 4.74 Å². The summed E-state index contributed by atoms with van der Waals surface area (Å²) in [5, 5.41) is 0. The number of aryl methyl sites for hydroxylation is 1. The van der Waals surface area contributed by atoms with E-state index in [0.717, 1.165) is 56.4 Å². The highest BCUT2D eigenvalue weighted by molar-refractivity contribution is 6.01. The lowest BCUT2D eigenvalue weighted by atomic mass is 9.74. The Morgan fingerprint density at radius 1 is 0.533 bits per heavy atom. The van der Waals surface area contributed by atoms with E-state index in [4.69, 9.17) is 14.7 Å². The highest BCUT2D eigenvalue weighted by atomic mass is 16.5. The van der Waals surface area contributed by atoms with Crippen molar-refractivity contribution in [3.05, 3.63) is 204 Å². The van der Waals surface area contributed by atoms with Crippen molar-refractivity contribution in [3.8, 4) is 56.3 Å². The Hall–Kier alpha value is -7.24. The van der Waals surface area contributed by atoms with Gasteiger partial charge in [-0.15, -0.1) is 0 Å². The lowest BCUT2D eigenvalue weighted by Gasteiger charge is -2.35. The van der Waals surface area contributed by atoms with Gasteiger partial charge < -0.3 is 14.2 Å². The van der Waals surface area contributed by atoms with E-state index in [-0.39, 0.29) is 17.5 Å². The standard InChI is InChI=1S/C55H44N4O/c1-55(2)45-31-41(37-15-19-39(20-16-37)53-56-47-33-43(23-27-49(47)58(53)3)35-11-7-5-8-12-35)25-29-51(45)60-52-30-26-42(32-46(52)55)38-17-21-40(22-18-38)54-57-48-34-44(24-28-50(48)59(54)4)36-13-9-6-10-14-36/h5-34,47,49H,1-4H3/t47?,49-/m1/s1. The summed E-state index contributed by atoms with van der Waals surface area (Å²) in [6.45, 7) is 4.61. The number of likely N-dealkylation sites (N-methyl/N-ethyl adjacent to an activating group) is 1. The van der Waals surface area contributed by atoms with E-state index in [1.54, 1.807) is 0 Å². The van der Waals surface area contributed by atoms with Crippen molar-refractivity contribution in [1.82, 2.24) is 14.5 Å². The molecule has 1 aliphatic carbocycles. The molecule has 0 radical (unpaired) electrons. The van der Waals surface area contributed by atoms with Crippen LogP contribution in [-0.4, -0.2) is 39.4 Å². The molecule has 60 heavy (non-hydrogen) atoms. The number of hydrogen-bond acceptors (Lipinski definition) is 4. The summed E-state index contributed by atoms with van der Waals surface area (Å²) in [5.74, 6) is 3.79. The van der Waals surface area contributed by atoms with Crippen LogP contribution in [0.5, 0.6) is 11.5 Å². The first kappa shape index (κ1) is 35.9. The molecule has 11 rings (SSSR count). The van der Waals surface area contributed by atoms with Gasteiger partial charge in [0.05, 0.1) is 23.1 Å². The van der Waals surface area contributed by atoms with Crippen molar-refractivity contribution in [2.75, 3.05) is 7.05 Å². The van der Waals surface area contributed by atoms with E-state index >= 15 is 0 Å². The molecule has 2 atom stereocenters. The Bertz CT molecular complexity index is 3050. The highest BCUT2D eigenvalue weighted by Gasteiger charge is 2.36. The zero-order valence-corrected chi connectivity index (χ0v) is 34.2. The largest absolute Gasteiger partial charge is 0.457 e. The first-order valence-corrected chi connectivity index (χ1v) is 20.7. The lowest BCUT2D eigenvalue weighted by molar-refractivity contribution is 0.418. The number of benzene rings is 7. The molecule has 8 aromatic rings. The molecule has 2 aliphatic heterocycles. The minimum Gasteiger partial charge on any atom is -0.457 e. The number of ether oxygens (including phenoxy) is 1. The van der Waals surface area contributed by atoms with Gasteiger partial charge >= 0.3 is 0 Å². The Balaban J connectivity index is 0.840. The van der Waals surface area contributed by atoms with Gasteiger partial charge in [0.25, 0.3) is 0 Å². The normalized spacial score (nSPS) is 17.4. The van der Waals surface area contributed by atoms with Crippen LogP contribution in [0.3, 0.4) is 0 Å². The summed E-state index contributed by atoms with van der Waals surface area (Å²) in [6, 6.07) is 58.7. The summed E-state index contributed by atoms with van der Waals surface area (Å²) in [7, 11) is 4.25. The van der Waals surface area contributed by atoms with Crippen LogP contribution in [-0.2, 0) is 12.5 Å². The van der Waals surface area contributed by atoms with Gasteiger partial charge in [0.1, 0.15) is 23.2 Å². The smallest absolute Gasteiger partial charge is 0.140 e. The SMILES string of the molecule is CN1C(c2ccc(-c3ccc4c(c3)C(C)(C)c3cc(-c5ccc(-c6nc7cc(-c8ccccc8)ccc7n6C)cc5)ccc3O4)cc2)=NC2C=C(c3ccccc3)C=C[C@H]21. The molecule has 7 aromatic carbocycles. The van der Waals surface area contributed by atoms with Crippen LogP contribution in [0.4, 0.5) is 0 Å². The van der Waals surface area contributed by atoms with E-state index in [0.29, 0.717) is 0 Å². The molecule has 0 saturated heterocycles. The maximum atomic E-state index is 6.59. The quantitative estimate of drug-likeness (QED) is 0.169. The second-order valence-corrected chi connectivity index (χ2v) is 16.8. The van der Waals surface area contributed by atoms with Gasteiger partial charge in [-0.25, -0.2) is 4.98 Å². The van der Waals surface area contributed by atoms with Crippen LogP contribution in [0.1, 0.15) is 36.1 Å². The minimum atomic E-state index is -0.280. The van der Waals surface area contributed by atoms with Crippen LogP contribution in [0, 0.1) is 0 Å². The fourth-order valence-corrected chi connectivity index (χ4v) is 9.33. The Morgan fingerprint density at radius 3 is 1.68 bits per heavy atom. The van der Waals surface area contributed by atoms with E-state index in [2.05, 4.69) is 213 Å². The molecule has 5 nitrogen and oxygen atoms in total. The molecule has 0 bridgehead atoms. The number of aromatic nitrogens is 2. The number of aliphatic imine (C=N–C) groups is 1. The zero-order chi connectivity index (χ0) is 40.5. The fraction of sp³-hybridized carbons (Fsp3) is 0.127. The Kier molecular flexibility index (Phi) is 8.35. The van der Waals surface area contributed by atoms with E-state index in [1.807, 2.05) is 6.07 Å². The second-order valence-electron chi connectivity index (χ2n) is 16.8. The number of imidazole rings is 1. The number of rotatable bonds is 6. The summed E-state index contributed by atoms with van der Waals surface area (Å²) >= 11 is 0. The summed E-state index contributed by atoms with van der Waals surface area (Å²) in [4.78, 5) is 12.6. The third-order valence-corrected chi connectivity index (χ3v) is 12.8. The van der Waals surface area contributed by atoms with Gasteiger partial charge in [-0.05, 0) is 87.0 Å². The second kappa shape index (κ2) is 14.0. The molecule has 1 unspecified atom stereocenters. The molecule has 3 aliphatic rings. The minimum absolute atomic E-state index is 0.0949. The molecule has 0 fully saturated rings. The van der Waals surface area contributed by atoms with E-state index in [9.17, 15) is 0 Å². The van der Waals surface area contributed by atoms with E-state index < -0.39 is 0 Å². The van der Waals surface area contributed by atoms with Crippen LogP contribution in [0.25, 0.3) is 61.4 Å². The van der Waals surface area contributed by atoms with Crippen LogP contribution >= 0.6 is 0 Å². The number of amidine groups is 1. The van der Waals surface area contributed by atoms with Crippen molar-refractivity contribution in [2.24, 2.45) is 12.0 Å². The molecule has 0 spiro atoms. The third kappa shape index (κ3) is 6.00. The van der Waals surface area contributed by atoms with Gasteiger partial charge in [-0.1, -0.05) is 153 Å². The van der Waals surface area contributed by atoms with E-state index in [1.165, 1.54) is 44.5 Å².